The molecule has 3 nitrogen and oxygen atoms in total. The molecule has 2 N–H and O–H groups in total. The molecule has 3 heteroatoms. The van der Waals surface area contributed by atoms with Gasteiger partial charge in [-0.2, -0.15) is 5.26 Å². The predicted octanol–water partition coefficient (Wildman–Crippen LogP) is 1.13. The van der Waals surface area contributed by atoms with Crippen LogP contribution in [0.2, 0.25) is 0 Å². The van der Waals surface area contributed by atoms with Crippen molar-refractivity contribution in [1.29, 1.82) is 5.26 Å². The first-order valence-electron chi connectivity index (χ1n) is 4.66. The molecule has 0 unspecified atom stereocenters. The lowest BCUT2D eigenvalue weighted by Crippen LogP contribution is -2.47. The Morgan fingerprint density at radius 2 is 2.21 bits per heavy atom. The summed E-state index contributed by atoms with van der Waals surface area (Å²) in [5, 5.41) is 8.95. The zero-order valence-corrected chi connectivity index (χ0v) is 7.86. The van der Waals surface area contributed by atoms with Crippen molar-refractivity contribution in [1.82, 2.24) is 0 Å². The Bertz CT molecular complexity index is 372. The van der Waals surface area contributed by atoms with Crippen LogP contribution >= 0.6 is 0 Å². The van der Waals surface area contributed by atoms with Gasteiger partial charge in [0.25, 0.3) is 0 Å². The van der Waals surface area contributed by atoms with Crippen LogP contribution in [0.5, 0.6) is 0 Å². The average Bonchev–Trinajstić information content (AvgIpc) is 2.18. The molecule has 1 heterocycles. The first kappa shape index (κ1) is 9.20. The van der Waals surface area contributed by atoms with E-state index in [1.165, 1.54) is 0 Å². The van der Waals surface area contributed by atoms with Crippen LogP contribution in [0.25, 0.3) is 0 Å². The van der Waals surface area contributed by atoms with Gasteiger partial charge in [-0.15, -0.1) is 0 Å². The molecular weight excluding hydrogens is 176 g/mol. The number of rotatable bonds is 2. The van der Waals surface area contributed by atoms with Crippen LogP contribution in [0.1, 0.15) is 17.5 Å². The van der Waals surface area contributed by atoms with Crippen molar-refractivity contribution in [3.05, 3.63) is 35.4 Å². The Labute approximate surface area is 83.1 Å². The molecule has 14 heavy (non-hydrogen) atoms. The molecule has 2 rings (SSSR count). The molecule has 1 aromatic rings. The molecule has 0 radical (unpaired) electrons. The Morgan fingerprint density at radius 1 is 1.50 bits per heavy atom. The highest BCUT2D eigenvalue weighted by atomic mass is 16.5. The molecule has 0 amide bonds. The van der Waals surface area contributed by atoms with Crippen molar-refractivity contribution in [3.8, 4) is 6.07 Å². The lowest BCUT2D eigenvalue weighted by Gasteiger charge is -2.41. The van der Waals surface area contributed by atoms with Gasteiger partial charge >= 0.3 is 0 Å². The maximum absolute atomic E-state index is 8.95. The van der Waals surface area contributed by atoms with Crippen LogP contribution in [0.3, 0.4) is 0 Å². The highest BCUT2D eigenvalue weighted by molar-refractivity contribution is 5.42. The van der Waals surface area contributed by atoms with E-state index in [-0.39, 0.29) is 0 Å². The monoisotopic (exact) mass is 188 g/mol. The number of hydrogen-bond donors (Lipinski definition) is 1. The molecule has 1 fully saturated rings. The van der Waals surface area contributed by atoms with Gasteiger partial charge < -0.3 is 10.5 Å². The minimum atomic E-state index is -0.397. The molecule has 1 saturated heterocycles. The van der Waals surface area contributed by atoms with Crippen molar-refractivity contribution < 1.29 is 4.74 Å². The molecule has 0 aromatic heterocycles. The Morgan fingerprint density at radius 3 is 2.71 bits per heavy atom. The van der Waals surface area contributed by atoms with E-state index in [4.69, 9.17) is 15.7 Å². The fourth-order valence-electron chi connectivity index (χ4n) is 1.81. The van der Waals surface area contributed by atoms with Crippen molar-refractivity contribution in [2.24, 2.45) is 5.73 Å². The second kappa shape index (κ2) is 3.41. The molecule has 1 aromatic carbocycles. The van der Waals surface area contributed by atoms with Crippen LogP contribution in [-0.4, -0.2) is 13.2 Å². The first-order chi connectivity index (χ1) is 6.82. The van der Waals surface area contributed by atoms with Gasteiger partial charge in [-0.05, 0) is 6.07 Å². The van der Waals surface area contributed by atoms with E-state index in [2.05, 4.69) is 6.07 Å². The minimum absolute atomic E-state index is 0.397. The number of nitriles is 1. The summed E-state index contributed by atoms with van der Waals surface area (Å²) >= 11 is 0. The SMILES string of the molecule is N#Cc1ccccc1[C@]1(CN)CCO1. The fourth-order valence-corrected chi connectivity index (χ4v) is 1.81. The van der Waals surface area contributed by atoms with Crippen LogP contribution in [0, 0.1) is 11.3 Å². The Hall–Kier alpha value is -1.37. The summed E-state index contributed by atoms with van der Waals surface area (Å²) in [6.45, 7) is 1.17. The highest BCUT2D eigenvalue weighted by Gasteiger charge is 2.40. The summed E-state index contributed by atoms with van der Waals surface area (Å²) in [4.78, 5) is 0. The third-order valence-corrected chi connectivity index (χ3v) is 2.75. The smallest absolute Gasteiger partial charge is 0.109 e. The summed E-state index contributed by atoms with van der Waals surface area (Å²) in [7, 11) is 0. The normalized spacial score (nSPS) is 25.1. The van der Waals surface area contributed by atoms with Gasteiger partial charge in [-0.25, -0.2) is 0 Å². The first-order valence-corrected chi connectivity index (χ1v) is 4.66. The van der Waals surface area contributed by atoms with Gasteiger partial charge in [0, 0.05) is 18.5 Å². The lowest BCUT2D eigenvalue weighted by molar-refractivity contribution is -0.147. The van der Waals surface area contributed by atoms with E-state index in [9.17, 15) is 0 Å². The molecule has 1 aliphatic rings. The Kier molecular flexibility index (Phi) is 2.24. The highest BCUT2D eigenvalue weighted by Crippen LogP contribution is 2.37. The largest absolute Gasteiger partial charge is 0.369 e. The van der Waals surface area contributed by atoms with E-state index >= 15 is 0 Å². The van der Waals surface area contributed by atoms with Crippen molar-refractivity contribution in [2.75, 3.05) is 13.2 Å². The maximum atomic E-state index is 8.95. The third-order valence-electron chi connectivity index (χ3n) is 2.75. The molecule has 0 saturated carbocycles. The molecule has 0 bridgehead atoms. The van der Waals surface area contributed by atoms with E-state index in [0.29, 0.717) is 12.1 Å². The predicted molar refractivity (Wildman–Crippen MR) is 52.5 cm³/mol. The summed E-state index contributed by atoms with van der Waals surface area (Å²) in [5.74, 6) is 0. The summed E-state index contributed by atoms with van der Waals surface area (Å²) < 4.78 is 5.52. The maximum Gasteiger partial charge on any atom is 0.109 e. The number of ether oxygens (including phenoxy) is 1. The summed E-state index contributed by atoms with van der Waals surface area (Å²) in [6.07, 6.45) is 0.905. The van der Waals surface area contributed by atoms with Gasteiger partial charge in [0.2, 0.25) is 0 Å². The second-order valence-corrected chi connectivity index (χ2v) is 3.45. The number of nitrogens with two attached hydrogens (primary N) is 1. The zero-order valence-electron chi connectivity index (χ0n) is 7.86. The van der Waals surface area contributed by atoms with Crippen molar-refractivity contribution >= 4 is 0 Å². The van der Waals surface area contributed by atoms with Gasteiger partial charge in [0.05, 0.1) is 18.2 Å². The average molecular weight is 188 g/mol. The topological polar surface area (TPSA) is 59.0 Å². The summed E-state index contributed by atoms with van der Waals surface area (Å²) in [5.41, 5.74) is 6.89. The van der Waals surface area contributed by atoms with Gasteiger partial charge in [0.1, 0.15) is 5.60 Å². The number of nitrogens with zero attached hydrogens (tertiary/aromatic N) is 1. The molecular formula is C11H12N2O. The molecule has 1 atom stereocenters. The van der Waals surface area contributed by atoms with Crippen LogP contribution in [-0.2, 0) is 10.3 Å². The van der Waals surface area contributed by atoms with Crippen LogP contribution in [0.15, 0.2) is 24.3 Å². The Balaban J connectivity index is 2.45. The lowest BCUT2D eigenvalue weighted by atomic mass is 9.84. The molecule has 0 spiro atoms. The van der Waals surface area contributed by atoms with E-state index in [0.717, 1.165) is 18.6 Å². The van der Waals surface area contributed by atoms with Gasteiger partial charge in [0.15, 0.2) is 0 Å². The van der Waals surface area contributed by atoms with Crippen molar-refractivity contribution in [2.45, 2.75) is 12.0 Å². The van der Waals surface area contributed by atoms with E-state index < -0.39 is 5.60 Å². The van der Waals surface area contributed by atoms with E-state index in [1.54, 1.807) is 6.07 Å². The van der Waals surface area contributed by atoms with Crippen LogP contribution < -0.4 is 5.73 Å². The number of benzene rings is 1. The van der Waals surface area contributed by atoms with Gasteiger partial charge in [-0.3, -0.25) is 0 Å². The van der Waals surface area contributed by atoms with Crippen LogP contribution in [0.4, 0.5) is 0 Å². The third kappa shape index (κ3) is 1.20. The molecule has 72 valence electrons. The second-order valence-electron chi connectivity index (χ2n) is 3.45. The number of hydrogen-bond acceptors (Lipinski definition) is 3. The minimum Gasteiger partial charge on any atom is -0.369 e. The zero-order chi connectivity index (χ0) is 10.0. The van der Waals surface area contributed by atoms with E-state index in [1.807, 2.05) is 18.2 Å². The molecule has 0 aliphatic carbocycles. The molecule has 1 aliphatic heterocycles. The fraction of sp³-hybridized carbons (Fsp3) is 0.364. The van der Waals surface area contributed by atoms with Crippen molar-refractivity contribution in [3.63, 3.8) is 0 Å². The quantitative estimate of drug-likeness (QED) is 0.756. The summed E-state index contributed by atoms with van der Waals surface area (Å²) in [6, 6.07) is 9.65. The standard InChI is InChI=1S/C11H12N2O/c12-7-9-3-1-2-4-10(9)11(8-13)5-6-14-11/h1-4H,5-6,8,13H2/t11-/m1/s1. The van der Waals surface area contributed by atoms with Gasteiger partial charge in [-0.1, -0.05) is 18.2 Å².